The number of hydrogen-bond donors (Lipinski definition) is 1. The second-order valence-corrected chi connectivity index (χ2v) is 9.23. The molecule has 0 unspecified atom stereocenters. The number of sulfonamides is 1. The number of rotatable bonds is 7. The summed E-state index contributed by atoms with van der Waals surface area (Å²) in [5.41, 5.74) is 6.73. The molecule has 3 aromatic rings. The van der Waals surface area contributed by atoms with Crippen LogP contribution in [-0.4, -0.2) is 32.4 Å². The summed E-state index contributed by atoms with van der Waals surface area (Å²) in [6.45, 7) is 1.10. The van der Waals surface area contributed by atoms with E-state index in [0.717, 1.165) is 34.4 Å². The molecule has 2 aromatic carbocycles. The van der Waals surface area contributed by atoms with Gasteiger partial charge in [0.2, 0.25) is 10.0 Å². The first-order valence-corrected chi connectivity index (χ1v) is 11.4. The molecule has 0 saturated heterocycles. The molecule has 4 rings (SSSR count). The van der Waals surface area contributed by atoms with Crippen molar-refractivity contribution in [3.63, 3.8) is 0 Å². The molecule has 1 aromatic heterocycles. The van der Waals surface area contributed by atoms with Crippen LogP contribution < -0.4 is 4.72 Å². The molecule has 0 bridgehead atoms. The summed E-state index contributed by atoms with van der Waals surface area (Å²) in [6, 6.07) is 18.5. The van der Waals surface area contributed by atoms with Crippen LogP contribution in [0.3, 0.4) is 0 Å². The third-order valence-electron chi connectivity index (χ3n) is 5.11. The van der Waals surface area contributed by atoms with Gasteiger partial charge >= 0.3 is 0 Å². The van der Waals surface area contributed by atoms with Gasteiger partial charge in [-0.25, -0.2) is 13.1 Å². The Morgan fingerprint density at radius 1 is 1.03 bits per heavy atom. The summed E-state index contributed by atoms with van der Waals surface area (Å²) < 4.78 is 25.9. The number of aromatic nitrogens is 1. The third kappa shape index (κ3) is 5.40. The number of nitrogens with one attached hydrogen (secondary N) is 1. The van der Waals surface area contributed by atoms with Gasteiger partial charge in [-0.1, -0.05) is 49.9 Å². The van der Waals surface area contributed by atoms with Gasteiger partial charge in [-0.3, -0.25) is 9.98 Å². The predicted molar refractivity (Wildman–Crippen MR) is 123 cm³/mol. The van der Waals surface area contributed by atoms with E-state index < -0.39 is 10.0 Å². The summed E-state index contributed by atoms with van der Waals surface area (Å²) in [4.78, 5) is 8.76. The van der Waals surface area contributed by atoms with Crippen molar-refractivity contribution in [2.24, 2.45) is 4.99 Å². The average molecular weight is 422 g/mol. The average Bonchev–Trinajstić information content (AvgIpc) is 3.19. The van der Waals surface area contributed by atoms with E-state index in [1.807, 2.05) is 48.9 Å². The zero-order chi connectivity index (χ0) is 20.3. The lowest BCUT2D eigenvalue weighted by Crippen LogP contribution is -2.28. The number of benzene rings is 2. The Hall–Kier alpha value is -2.83. The molecule has 0 spiro atoms. The molecule has 2 heterocycles. The Morgan fingerprint density at radius 2 is 1.83 bits per heavy atom. The van der Waals surface area contributed by atoms with Crippen molar-refractivity contribution < 1.29 is 8.42 Å². The fraction of sp³-hybridized carbons (Fsp3) is 0.250. The first-order valence-electron chi connectivity index (χ1n) is 9.54. The summed E-state index contributed by atoms with van der Waals surface area (Å²) in [7, 11) is -3.25. The zero-order valence-corrected chi connectivity index (χ0v) is 17.1. The van der Waals surface area contributed by atoms with E-state index in [0.29, 0.717) is 13.0 Å². The predicted octanol–water partition coefficient (Wildman–Crippen LogP) is 4.19. The Labute approximate surface area is 179 Å². The molecule has 1 N–H and O–H groups in total. The Morgan fingerprint density at radius 3 is 2.60 bits per heavy atom. The van der Waals surface area contributed by atoms with Gasteiger partial charge in [-0.15, -0.1) is 0 Å². The van der Waals surface area contributed by atoms with E-state index in [2.05, 4.69) is 39.0 Å². The highest BCUT2D eigenvalue weighted by Crippen LogP contribution is 2.27. The molecule has 0 radical (unpaired) electrons. The van der Waals surface area contributed by atoms with Crippen LogP contribution in [0.4, 0.5) is 0 Å². The molecule has 156 valence electrons. The first-order chi connectivity index (χ1) is 14.0. The maximum atomic E-state index is 11.6. The van der Waals surface area contributed by atoms with Crippen LogP contribution in [0.2, 0.25) is 0 Å². The van der Waals surface area contributed by atoms with Gasteiger partial charge in [0, 0.05) is 36.6 Å². The van der Waals surface area contributed by atoms with Crippen LogP contribution in [0.25, 0.3) is 11.1 Å². The standard InChI is InChI=1S/C23H23N3O2S.CH4/c1-29(27,28)26-16-22(18-5-3-2-4-6-18)10-17-9-21(14-24-12-17)19-7-8-20-13-25-15-23(20)11-19;/h2-9,11-12,14-15,22,26H,10,13,16H2,1H3;1H4/t22-;/m0./s1. The first kappa shape index (κ1) is 21.9. The fourth-order valence-corrected chi connectivity index (χ4v) is 4.11. The highest BCUT2D eigenvalue weighted by atomic mass is 32.2. The lowest BCUT2D eigenvalue weighted by atomic mass is 9.91. The van der Waals surface area contributed by atoms with Crippen molar-refractivity contribution in [3.8, 4) is 11.1 Å². The zero-order valence-electron chi connectivity index (χ0n) is 16.2. The molecule has 0 aliphatic carbocycles. The Bertz CT molecular complexity index is 1140. The van der Waals surface area contributed by atoms with Crippen LogP contribution in [0.5, 0.6) is 0 Å². The monoisotopic (exact) mass is 421 g/mol. The smallest absolute Gasteiger partial charge is 0.208 e. The van der Waals surface area contributed by atoms with Crippen molar-refractivity contribution in [3.05, 3.63) is 89.2 Å². The minimum atomic E-state index is -3.25. The van der Waals surface area contributed by atoms with Crippen LogP contribution in [-0.2, 0) is 23.0 Å². The lowest BCUT2D eigenvalue weighted by molar-refractivity contribution is 0.574. The van der Waals surface area contributed by atoms with Gasteiger partial charge < -0.3 is 0 Å². The van der Waals surface area contributed by atoms with E-state index in [1.54, 1.807) is 0 Å². The number of pyridine rings is 1. The fourth-order valence-electron chi connectivity index (χ4n) is 3.61. The minimum absolute atomic E-state index is 0. The summed E-state index contributed by atoms with van der Waals surface area (Å²) in [5.74, 6) is 0.0233. The highest BCUT2D eigenvalue weighted by molar-refractivity contribution is 7.88. The highest BCUT2D eigenvalue weighted by Gasteiger charge is 2.16. The normalized spacial score (nSPS) is 13.5. The molecule has 30 heavy (non-hydrogen) atoms. The summed E-state index contributed by atoms with van der Waals surface area (Å²) in [5, 5.41) is 0. The third-order valence-corrected chi connectivity index (χ3v) is 5.80. The Balaban J connectivity index is 0.00000256. The lowest BCUT2D eigenvalue weighted by Gasteiger charge is -2.18. The van der Waals surface area contributed by atoms with Crippen LogP contribution in [0, 0.1) is 0 Å². The van der Waals surface area contributed by atoms with Gasteiger partial charge in [0.05, 0.1) is 12.8 Å². The van der Waals surface area contributed by atoms with E-state index in [4.69, 9.17) is 0 Å². The molecule has 1 aliphatic heterocycles. The van der Waals surface area contributed by atoms with Gasteiger partial charge in [0.15, 0.2) is 0 Å². The molecule has 0 fully saturated rings. The second-order valence-electron chi connectivity index (χ2n) is 7.40. The molecule has 0 amide bonds. The molecule has 1 atom stereocenters. The SMILES string of the molecule is C.CS(=O)(=O)NC[C@H](Cc1cncc(-c2ccc3c(c2)C=NC3)c1)c1ccccc1. The number of aliphatic imine (C=N–C) groups is 1. The van der Waals surface area contributed by atoms with Crippen molar-refractivity contribution >= 4 is 16.2 Å². The molecule has 1 aliphatic rings. The van der Waals surface area contributed by atoms with Crippen molar-refractivity contribution in [2.45, 2.75) is 26.3 Å². The molecule has 5 nitrogen and oxygen atoms in total. The van der Waals surface area contributed by atoms with Crippen molar-refractivity contribution in [1.29, 1.82) is 0 Å². The van der Waals surface area contributed by atoms with Crippen LogP contribution in [0.1, 0.15) is 35.6 Å². The number of fused-ring (bicyclic) bond motifs is 1. The topological polar surface area (TPSA) is 71.4 Å². The van der Waals surface area contributed by atoms with Gasteiger partial charge in [-0.05, 0) is 46.4 Å². The molecule has 0 saturated carbocycles. The molecular weight excluding hydrogens is 394 g/mol. The minimum Gasteiger partial charge on any atom is -0.288 e. The van der Waals surface area contributed by atoms with E-state index in [-0.39, 0.29) is 13.3 Å². The molecule has 6 heteroatoms. The van der Waals surface area contributed by atoms with E-state index >= 15 is 0 Å². The van der Waals surface area contributed by atoms with Gasteiger partial charge in [-0.2, -0.15) is 0 Å². The summed E-state index contributed by atoms with van der Waals surface area (Å²) in [6.07, 6.45) is 7.52. The maximum Gasteiger partial charge on any atom is 0.208 e. The van der Waals surface area contributed by atoms with Crippen LogP contribution >= 0.6 is 0 Å². The largest absolute Gasteiger partial charge is 0.288 e. The maximum absolute atomic E-state index is 11.6. The van der Waals surface area contributed by atoms with Gasteiger partial charge in [0.25, 0.3) is 0 Å². The number of nitrogens with zero attached hydrogens (tertiary/aromatic N) is 2. The Kier molecular flexibility index (Phi) is 6.80. The van der Waals surface area contributed by atoms with E-state index in [1.165, 1.54) is 11.8 Å². The van der Waals surface area contributed by atoms with Crippen molar-refractivity contribution in [2.75, 3.05) is 12.8 Å². The van der Waals surface area contributed by atoms with Crippen LogP contribution in [0.15, 0.2) is 72.0 Å². The second kappa shape index (κ2) is 9.32. The summed E-state index contributed by atoms with van der Waals surface area (Å²) >= 11 is 0. The van der Waals surface area contributed by atoms with E-state index in [9.17, 15) is 8.42 Å². The van der Waals surface area contributed by atoms with Crippen molar-refractivity contribution in [1.82, 2.24) is 9.71 Å². The number of hydrogen-bond acceptors (Lipinski definition) is 4. The van der Waals surface area contributed by atoms with Gasteiger partial charge in [0.1, 0.15) is 0 Å². The molecular formula is C24H27N3O2S. The quantitative estimate of drug-likeness (QED) is 0.622.